The predicted octanol–water partition coefficient (Wildman–Crippen LogP) is 3.98. The number of aromatic nitrogens is 1. The maximum atomic E-state index is 11.5. The molecule has 146 valence electrons. The number of oxazole rings is 1. The first kappa shape index (κ1) is 20.3. The number of nitrogens with zero attached hydrogens (tertiary/aromatic N) is 1. The zero-order valence-electron chi connectivity index (χ0n) is 14.2. The fourth-order valence-electron chi connectivity index (χ4n) is 2.52. The summed E-state index contributed by atoms with van der Waals surface area (Å²) in [4.78, 5) is 15.2. The van der Waals surface area contributed by atoms with Gasteiger partial charge in [0.05, 0.1) is 21.4 Å². The van der Waals surface area contributed by atoms with Gasteiger partial charge in [0.15, 0.2) is 11.7 Å². The van der Waals surface area contributed by atoms with Crippen LogP contribution in [0.15, 0.2) is 51.8 Å². The molecule has 0 bridgehead atoms. The van der Waals surface area contributed by atoms with E-state index in [1.54, 1.807) is 18.2 Å². The van der Waals surface area contributed by atoms with Crippen molar-refractivity contribution >= 4 is 39.2 Å². The van der Waals surface area contributed by atoms with Crippen LogP contribution in [0.25, 0.3) is 22.6 Å². The van der Waals surface area contributed by atoms with Crippen LogP contribution in [0.3, 0.4) is 0 Å². The highest BCUT2D eigenvalue weighted by Gasteiger charge is 2.19. The lowest BCUT2D eigenvalue weighted by molar-refractivity contribution is -0.137. The quantitative estimate of drug-likeness (QED) is 0.597. The van der Waals surface area contributed by atoms with Gasteiger partial charge in [-0.25, -0.2) is 18.5 Å². The van der Waals surface area contributed by atoms with Gasteiger partial charge in [-0.1, -0.05) is 29.3 Å². The van der Waals surface area contributed by atoms with Gasteiger partial charge in [0.2, 0.25) is 10.0 Å². The number of carboxylic acid groups (broad SMARTS) is 1. The molecule has 0 aliphatic rings. The molecule has 0 aliphatic heterocycles. The second kappa shape index (κ2) is 7.92. The summed E-state index contributed by atoms with van der Waals surface area (Å²) in [5.41, 5.74) is 1.59. The average molecular weight is 441 g/mol. The number of halogens is 2. The first-order valence-corrected chi connectivity index (χ1v) is 10.3. The predicted molar refractivity (Wildman–Crippen MR) is 105 cm³/mol. The van der Waals surface area contributed by atoms with E-state index in [1.807, 2.05) is 0 Å². The maximum absolute atomic E-state index is 11.5. The molecular weight excluding hydrogens is 427 g/mol. The summed E-state index contributed by atoms with van der Waals surface area (Å²) in [5.74, 6) is -0.401. The van der Waals surface area contributed by atoms with Gasteiger partial charge in [-0.05, 0) is 36.4 Å². The molecule has 1 heterocycles. The Hall–Kier alpha value is -2.39. The van der Waals surface area contributed by atoms with E-state index in [9.17, 15) is 13.2 Å². The second-order valence-corrected chi connectivity index (χ2v) is 8.25. The van der Waals surface area contributed by atoms with E-state index in [4.69, 9.17) is 37.9 Å². The van der Waals surface area contributed by atoms with Crippen LogP contribution in [-0.2, 0) is 21.2 Å². The molecule has 3 aromatic rings. The lowest BCUT2D eigenvalue weighted by Gasteiger charge is -2.04. The lowest BCUT2D eigenvalue weighted by atomic mass is 10.1. The fraction of sp³-hybridized carbons (Fsp3) is 0.111. The normalized spacial score (nSPS) is 11.5. The largest absolute Gasteiger partial charge is 0.481 e. The van der Waals surface area contributed by atoms with Crippen LogP contribution in [0, 0.1) is 0 Å². The lowest BCUT2D eigenvalue weighted by Crippen LogP contribution is -2.11. The Bertz CT molecular complexity index is 1140. The van der Waals surface area contributed by atoms with E-state index >= 15 is 0 Å². The summed E-state index contributed by atoms with van der Waals surface area (Å²) in [6.45, 7) is 0. The van der Waals surface area contributed by atoms with Gasteiger partial charge in [-0.2, -0.15) is 0 Å². The number of benzene rings is 2. The van der Waals surface area contributed by atoms with Gasteiger partial charge in [-0.3, -0.25) is 4.79 Å². The summed E-state index contributed by atoms with van der Waals surface area (Å²) >= 11 is 12.1. The third-order valence-corrected chi connectivity index (χ3v) is 5.53. The van der Waals surface area contributed by atoms with Gasteiger partial charge in [0.25, 0.3) is 0 Å². The van der Waals surface area contributed by atoms with Crippen molar-refractivity contribution < 1.29 is 22.7 Å². The van der Waals surface area contributed by atoms with E-state index < -0.39 is 16.0 Å². The van der Waals surface area contributed by atoms with E-state index in [0.29, 0.717) is 32.6 Å². The highest BCUT2D eigenvalue weighted by Crippen LogP contribution is 2.36. The molecule has 2 aromatic carbocycles. The average Bonchev–Trinajstić information content (AvgIpc) is 3.06. The molecule has 0 radical (unpaired) electrons. The molecule has 0 saturated carbocycles. The van der Waals surface area contributed by atoms with Crippen LogP contribution in [0.4, 0.5) is 0 Å². The molecule has 28 heavy (non-hydrogen) atoms. The SMILES string of the molecule is NS(=O)(=O)c1ccc(-c2oc(CCC(=O)O)nc2-c2ccc(Cl)c(Cl)c2)cc1. The minimum Gasteiger partial charge on any atom is -0.481 e. The highest BCUT2D eigenvalue weighted by molar-refractivity contribution is 7.89. The van der Waals surface area contributed by atoms with Gasteiger partial charge in [-0.15, -0.1) is 0 Å². The molecule has 0 amide bonds. The van der Waals surface area contributed by atoms with Crippen molar-refractivity contribution in [3.8, 4) is 22.6 Å². The zero-order valence-corrected chi connectivity index (χ0v) is 16.6. The monoisotopic (exact) mass is 440 g/mol. The Morgan fingerprint density at radius 2 is 1.71 bits per heavy atom. The second-order valence-electron chi connectivity index (χ2n) is 5.88. The number of rotatable bonds is 6. The van der Waals surface area contributed by atoms with Gasteiger partial charge < -0.3 is 9.52 Å². The third-order valence-electron chi connectivity index (χ3n) is 3.86. The molecule has 0 fully saturated rings. The van der Waals surface area contributed by atoms with Crippen molar-refractivity contribution in [1.29, 1.82) is 0 Å². The fourth-order valence-corrected chi connectivity index (χ4v) is 3.33. The van der Waals surface area contributed by atoms with Crippen molar-refractivity contribution in [2.45, 2.75) is 17.7 Å². The van der Waals surface area contributed by atoms with Crippen molar-refractivity contribution in [2.75, 3.05) is 0 Å². The van der Waals surface area contributed by atoms with Crippen molar-refractivity contribution in [2.24, 2.45) is 5.14 Å². The molecule has 0 spiro atoms. The van der Waals surface area contributed by atoms with E-state index in [-0.39, 0.29) is 23.6 Å². The molecule has 10 heteroatoms. The van der Waals surface area contributed by atoms with Crippen LogP contribution in [0.1, 0.15) is 12.3 Å². The standard InChI is InChI=1S/C18H14Cl2N2O5S/c19-13-6-3-11(9-14(13)20)17-18(27-15(22-17)7-8-16(23)24)10-1-4-12(5-2-10)28(21,25)26/h1-6,9H,7-8H2,(H,23,24)(H2,21,25,26). The number of nitrogens with two attached hydrogens (primary N) is 1. The number of carboxylic acids is 1. The van der Waals surface area contributed by atoms with Gasteiger partial charge >= 0.3 is 5.97 Å². The Morgan fingerprint density at radius 3 is 2.29 bits per heavy atom. The molecule has 0 atom stereocenters. The molecule has 0 saturated heterocycles. The number of primary sulfonamides is 1. The van der Waals surface area contributed by atoms with Crippen LogP contribution in [0.5, 0.6) is 0 Å². The molecular formula is C18H14Cl2N2O5S. The van der Waals surface area contributed by atoms with Crippen LogP contribution in [-0.4, -0.2) is 24.5 Å². The topological polar surface area (TPSA) is 123 Å². The molecule has 0 aliphatic carbocycles. The van der Waals surface area contributed by atoms with Crippen molar-refractivity contribution in [1.82, 2.24) is 4.98 Å². The summed E-state index contributed by atoms with van der Waals surface area (Å²) in [5, 5.41) is 14.7. The Balaban J connectivity index is 2.09. The summed E-state index contributed by atoms with van der Waals surface area (Å²) < 4.78 is 28.7. The number of carbonyl (C=O) groups is 1. The minimum atomic E-state index is -3.83. The summed E-state index contributed by atoms with van der Waals surface area (Å²) in [7, 11) is -3.83. The molecule has 3 N–H and O–H groups in total. The Kier molecular flexibility index (Phi) is 5.76. The van der Waals surface area contributed by atoms with Crippen molar-refractivity contribution in [3.05, 3.63) is 58.4 Å². The summed E-state index contributed by atoms with van der Waals surface area (Å²) in [6.07, 6.45) is -0.0515. The zero-order chi connectivity index (χ0) is 20.5. The first-order chi connectivity index (χ1) is 13.1. The van der Waals surface area contributed by atoms with Crippen molar-refractivity contribution in [3.63, 3.8) is 0 Å². The molecule has 1 aromatic heterocycles. The third kappa shape index (κ3) is 4.53. The van der Waals surface area contributed by atoms with Crippen LogP contribution in [0.2, 0.25) is 10.0 Å². The van der Waals surface area contributed by atoms with E-state index in [1.165, 1.54) is 24.3 Å². The number of hydrogen-bond donors (Lipinski definition) is 2. The first-order valence-electron chi connectivity index (χ1n) is 7.95. The number of aryl methyl sites for hydroxylation is 1. The van der Waals surface area contributed by atoms with Gasteiger partial charge in [0, 0.05) is 17.5 Å². The number of aliphatic carboxylic acids is 1. The van der Waals surface area contributed by atoms with Crippen LogP contribution < -0.4 is 5.14 Å². The van der Waals surface area contributed by atoms with Crippen LogP contribution >= 0.6 is 23.2 Å². The van der Waals surface area contributed by atoms with E-state index in [2.05, 4.69) is 4.98 Å². The maximum Gasteiger partial charge on any atom is 0.303 e. The number of sulfonamides is 1. The highest BCUT2D eigenvalue weighted by atomic mass is 35.5. The summed E-state index contributed by atoms with van der Waals surface area (Å²) in [6, 6.07) is 10.7. The minimum absolute atomic E-state index is 0.0436. The Labute approximate surface area is 170 Å². The van der Waals surface area contributed by atoms with Gasteiger partial charge in [0.1, 0.15) is 5.69 Å². The smallest absolute Gasteiger partial charge is 0.303 e. The molecule has 7 nitrogen and oxygen atoms in total. The van der Waals surface area contributed by atoms with E-state index in [0.717, 1.165) is 0 Å². The Morgan fingerprint density at radius 1 is 1.07 bits per heavy atom. The number of hydrogen-bond acceptors (Lipinski definition) is 5. The molecule has 3 rings (SSSR count). The molecule has 0 unspecified atom stereocenters.